The van der Waals surface area contributed by atoms with Crippen molar-refractivity contribution in [1.29, 1.82) is 0 Å². The molecule has 7 heavy (non-hydrogen) atoms. The van der Waals surface area contributed by atoms with Gasteiger partial charge in [0.1, 0.15) is 0 Å². The number of hydrogen-bond donors (Lipinski definition) is 0. The van der Waals surface area contributed by atoms with Gasteiger partial charge < -0.3 is 20.9 Å². The van der Waals surface area contributed by atoms with Crippen LogP contribution in [0.2, 0.25) is 0 Å². The van der Waals surface area contributed by atoms with E-state index in [4.69, 9.17) is 9.90 Å². The van der Waals surface area contributed by atoms with Crippen LogP contribution in [0.25, 0.3) is 0 Å². The highest BCUT2D eigenvalue weighted by molar-refractivity contribution is 5.76. The second-order valence-corrected chi connectivity index (χ2v) is 0.523. The fourth-order valence-electron chi connectivity index (χ4n) is 0. The molecule has 0 rings (SSSR count). The smallest absolute Gasteiger partial charge is 0.0636 e. The summed E-state index contributed by atoms with van der Waals surface area (Å²) in [5, 5.41) is 9.14. The molecule has 0 aromatic heterocycles. The summed E-state index contributed by atoms with van der Waals surface area (Å²) in [6.07, 6.45) is 0.722. The fraction of sp³-hybridized carbons (Fsp3) is 0. The molecule has 0 aliphatic rings. The van der Waals surface area contributed by atoms with Gasteiger partial charge in [0.25, 0.3) is 0 Å². The summed E-state index contributed by atoms with van der Waals surface area (Å²) >= 11 is 0. The predicted molar refractivity (Wildman–Crippen MR) is 22.4 cm³/mol. The zero-order chi connectivity index (χ0) is 4.28. The average molecular weight is 107 g/mol. The summed E-state index contributed by atoms with van der Waals surface area (Å²) in [6, 6.07) is 0. The maximum atomic E-state index is 9.14. The molecule has 0 aliphatic heterocycles. The van der Waals surface area contributed by atoms with Gasteiger partial charge in [-0.05, 0) is 6.08 Å². The Labute approximate surface area is 40.7 Å². The van der Waals surface area contributed by atoms with E-state index in [1.807, 2.05) is 0 Å². The Kier molecular flexibility index (Phi) is 21.0. The fourth-order valence-corrected chi connectivity index (χ4v) is 0. The molecular weight excluding hydrogens is 100 g/mol. The van der Waals surface area contributed by atoms with Crippen molar-refractivity contribution in [2.24, 2.45) is 0 Å². The Bertz CT molecular complexity index is 58.0. The largest absolute Gasteiger partial charge is 0.545 e. The Balaban J connectivity index is -0.0000000800. The molecule has 0 amide bonds. The first-order valence-electron chi connectivity index (χ1n) is 1.11. The molecule has 0 radical (unpaired) electrons. The molecule has 0 fully saturated rings. The SMILES string of the molecule is C=CC(=O)[O-].O.O. The van der Waals surface area contributed by atoms with Crippen LogP contribution < -0.4 is 5.11 Å². The number of carboxylic acids is 1. The van der Waals surface area contributed by atoms with E-state index >= 15 is 0 Å². The van der Waals surface area contributed by atoms with E-state index in [0.29, 0.717) is 0 Å². The first-order chi connectivity index (χ1) is 2.27. The summed E-state index contributed by atoms with van der Waals surface area (Å²) in [5.41, 5.74) is 0. The van der Waals surface area contributed by atoms with Crippen molar-refractivity contribution >= 4 is 5.97 Å². The van der Waals surface area contributed by atoms with E-state index in [-0.39, 0.29) is 11.0 Å². The monoisotopic (exact) mass is 107 g/mol. The zero-order valence-electron chi connectivity index (χ0n) is 3.60. The molecule has 0 aliphatic carbocycles. The molecule has 0 heterocycles. The predicted octanol–water partition coefficient (Wildman–Crippen LogP) is -2.73. The molecule has 0 saturated heterocycles. The van der Waals surface area contributed by atoms with Gasteiger partial charge in [-0.2, -0.15) is 0 Å². The highest BCUT2D eigenvalue weighted by atomic mass is 16.4. The molecule has 0 spiro atoms. The van der Waals surface area contributed by atoms with Gasteiger partial charge in [-0.15, -0.1) is 0 Å². The normalized spacial score (nSPS) is 4.57. The van der Waals surface area contributed by atoms with E-state index < -0.39 is 5.97 Å². The summed E-state index contributed by atoms with van der Waals surface area (Å²) < 4.78 is 0. The lowest BCUT2D eigenvalue weighted by atomic mass is 10.7. The van der Waals surface area contributed by atoms with E-state index in [2.05, 4.69) is 6.58 Å². The molecule has 4 nitrogen and oxygen atoms in total. The van der Waals surface area contributed by atoms with Crippen molar-refractivity contribution in [3.63, 3.8) is 0 Å². The van der Waals surface area contributed by atoms with Crippen LogP contribution in [0.3, 0.4) is 0 Å². The first-order valence-corrected chi connectivity index (χ1v) is 1.11. The molecule has 4 heteroatoms. The van der Waals surface area contributed by atoms with Crippen molar-refractivity contribution in [3.05, 3.63) is 12.7 Å². The third-order valence-electron chi connectivity index (χ3n) is 0.167. The highest BCUT2D eigenvalue weighted by Crippen LogP contribution is 1.47. The quantitative estimate of drug-likeness (QED) is 0.339. The minimum absolute atomic E-state index is 0. The number of carbonyl (C=O) groups is 1. The van der Waals surface area contributed by atoms with Crippen LogP contribution in [0.1, 0.15) is 0 Å². The Morgan fingerprint density at radius 2 is 1.71 bits per heavy atom. The number of rotatable bonds is 1. The van der Waals surface area contributed by atoms with E-state index in [9.17, 15) is 0 Å². The van der Waals surface area contributed by atoms with Gasteiger partial charge in [-0.1, -0.05) is 6.58 Å². The van der Waals surface area contributed by atoms with Crippen molar-refractivity contribution in [3.8, 4) is 0 Å². The minimum Gasteiger partial charge on any atom is -0.545 e. The molecular formula is C3H7O4-. The minimum atomic E-state index is -1.23. The average Bonchev–Trinajstić information content (AvgIpc) is 1.38. The standard InChI is InChI=1S/C3H4O2.2H2O/c1-2-3(4)5;;/h2H,1H2,(H,4,5);2*1H2/p-1. The van der Waals surface area contributed by atoms with E-state index in [0.717, 1.165) is 6.08 Å². The zero-order valence-corrected chi connectivity index (χ0v) is 3.60. The third-order valence-corrected chi connectivity index (χ3v) is 0.167. The van der Waals surface area contributed by atoms with E-state index in [1.54, 1.807) is 0 Å². The molecule has 4 N–H and O–H groups in total. The Morgan fingerprint density at radius 1 is 1.57 bits per heavy atom. The number of carbonyl (C=O) groups excluding carboxylic acids is 1. The molecule has 44 valence electrons. The molecule has 0 aromatic carbocycles. The number of aliphatic carboxylic acids is 1. The van der Waals surface area contributed by atoms with Gasteiger partial charge in [0.2, 0.25) is 0 Å². The van der Waals surface area contributed by atoms with Gasteiger partial charge in [-0.25, -0.2) is 0 Å². The van der Waals surface area contributed by atoms with Crippen molar-refractivity contribution in [1.82, 2.24) is 0 Å². The molecule has 0 saturated carbocycles. The topological polar surface area (TPSA) is 103 Å². The van der Waals surface area contributed by atoms with Crippen LogP contribution in [-0.4, -0.2) is 16.9 Å². The van der Waals surface area contributed by atoms with Gasteiger partial charge in [-0.3, -0.25) is 0 Å². The van der Waals surface area contributed by atoms with Gasteiger partial charge in [0, 0.05) is 0 Å². The van der Waals surface area contributed by atoms with Crippen LogP contribution in [0.15, 0.2) is 12.7 Å². The van der Waals surface area contributed by atoms with Gasteiger partial charge in [0.05, 0.1) is 5.97 Å². The summed E-state index contributed by atoms with van der Waals surface area (Å²) in [5.74, 6) is -1.23. The lowest BCUT2D eigenvalue weighted by Gasteiger charge is -1.81. The number of hydrogen-bond acceptors (Lipinski definition) is 2. The van der Waals surface area contributed by atoms with Gasteiger partial charge in [0.15, 0.2) is 0 Å². The summed E-state index contributed by atoms with van der Waals surface area (Å²) in [6.45, 7) is 2.90. The van der Waals surface area contributed by atoms with Crippen LogP contribution in [-0.2, 0) is 4.79 Å². The number of carboxylic acid groups (broad SMARTS) is 1. The lowest BCUT2D eigenvalue weighted by molar-refractivity contribution is -0.297. The first kappa shape index (κ1) is 16.5. The van der Waals surface area contributed by atoms with Crippen LogP contribution in [0, 0.1) is 0 Å². The molecule has 0 bridgehead atoms. The van der Waals surface area contributed by atoms with Crippen molar-refractivity contribution < 1.29 is 20.9 Å². The van der Waals surface area contributed by atoms with Crippen LogP contribution in [0.5, 0.6) is 0 Å². The summed E-state index contributed by atoms with van der Waals surface area (Å²) in [7, 11) is 0. The highest BCUT2D eigenvalue weighted by Gasteiger charge is 1.55. The molecule has 0 aromatic rings. The van der Waals surface area contributed by atoms with E-state index in [1.165, 1.54) is 0 Å². The maximum absolute atomic E-state index is 9.14. The summed E-state index contributed by atoms with van der Waals surface area (Å²) in [4.78, 5) is 9.14. The molecule has 0 atom stereocenters. The maximum Gasteiger partial charge on any atom is 0.0636 e. The third kappa shape index (κ3) is 39.4. The van der Waals surface area contributed by atoms with Crippen LogP contribution in [0.4, 0.5) is 0 Å². The van der Waals surface area contributed by atoms with Crippen molar-refractivity contribution in [2.75, 3.05) is 0 Å². The second kappa shape index (κ2) is 8.93. The van der Waals surface area contributed by atoms with Crippen LogP contribution >= 0.6 is 0 Å². The second-order valence-electron chi connectivity index (χ2n) is 0.523. The lowest BCUT2D eigenvalue weighted by Crippen LogP contribution is -2.17. The van der Waals surface area contributed by atoms with Gasteiger partial charge >= 0.3 is 0 Å². The Morgan fingerprint density at radius 3 is 1.71 bits per heavy atom. The van der Waals surface area contributed by atoms with Crippen molar-refractivity contribution in [2.45, 2.75) is 0 Å². The Hall–Kier alpha value is -0.870. The molecule has 0 unspecified atom stereocenters.